The minimum Gasteiger partial charge on any atom is -0.383 e. The van der Waals surface area contributed by atoms with Crippen LogP contribution in [-0.2, 0) is 4.74 Å². The molecule has 0 heterocycles. The lowest BCUT2D eigenvalue weighted by Crippen LogP contribution is -2.52. The highest BCUT2D eigenvalue weighted by atomic mass is 16.5. The fourth-order valence-corrected chi connectivity index (χ4v) is 2.67. The number of hydrogen-bond donors (Lipinski definition) is 1. The average molecular weight is 242 g/mol. The molecule has 3 nitrogen and oxygen atoms in total. The van der Waals surface area contributed by atoms with Gasteiger partial charge in [-0.1, -0.05) is 20.8 Å². The van der Waals surface area contributed by atoms with Crippen molar-refractivity contribution in [2.24, 2.45) is 11.8 Å². The number of hydrogen-bond acceptors (Lipinski definition) is 3. The minimum absolute atomic E-state index is 0.743. The summed E-state index contributed by atoms with van der Waals surface area (Å²) in [6, 6.07) is 0.784. The molecule has 0 saturated heterocycles. The predicted octanol–water partition coefficient (Wildman–Crippen LogP) is 1.98. The van der Waals surface area contributed by atoms with Crippen LogP contribution in [0.4, 0.5) is 0 Å². The Morgan fingerprint density at radius 2 is 2.12 bits per heavy atom. The van der Waals surface area contributed by atoms with Crippen molar-refractivity contribution >= 4 is 0 Å². The van der Waals surface area contributed by atoms with Crippen LogP contribution in [0.5, 0.6) is 0 Å². The number of nitrogens with zero attached hydrogens (tertiary/aromatic N) is 1. The molecular weight excluding hydrogens is 212 g/mol. The van der Waals surface area contributed by atoms with E-state index in [0.29, 0.717) is 0 Å². The first-order chi connectivity index (χ1) is 8.19. The summed E-state index contributed by atoms with van der Waals surface area (Å²) < 4.78 is 5.23. The Bertz CT molecular complexity index is 197. The SMILES string of the molecule is CCNCC1CCC1N(CCOC)CC(C)C. The highest BCUT2D eigenvalue weighted by molar-refractivity contribution is 4.90. The van der Waals surface area contributed by atoms with E-state index in [0.717, 1.165) is 37.6 Å². The molecule has 2 atom stereocenters. The van der Waals surface area contributed by atoms with E-state index in [-0.39, 0.29) is 0 Å². The Morgan fingerprint density at radius 1 is 1.35 bits per heavy atom. The topological polar surface area (TPSA) is 24.5 Å². The molecule has 1 N–H and O–H groups in total. The summed E-state index contributed by atoms with van der Waals surface area (Å²) in [7, 11) is 1.80. The van der Waals surface area contributed by atoms with E-state index in [1.807, 2.05) is 0 Å². The van der Waals surface area contributed by atoms with Crippen LogP contribution in [0.3, 0.4) is 0 Å². The third-order valence-corrected chi connectivity index (χ3v) is 3.69. The summed E-state index contributed by atoms with van der Waals surface area (Å²) in [5.41, 5.74) is 0. The maximum atomic E-state index is 5.23. The van der Waals surface area contributed by atoms with Crippen molar-refractivity contribution < 1.29 is 4.74 Å². The monoisotopic (exact) mass is 242 g/mol. The van der Waals surface area contributed by atoms with Crippen LogP contribution >= 0.6 is 0 Å². The fraction of sp³-hybridized carbons (Fsp3) is 1.00. The third kappa shape index (κ3) is 4.94. The van der Waals surface area contributed by atoms with Crippen LogP contribution in [0.1, 0.15) is 33.6 Å². The molecule has 3 heteroatoms. The first kappa shape index (κ1) is 14.9. The number of nitrogens with one attached hydrogen (secondary N) is 1. The molecule has 1 aliphatic rings. The van der Waals surface area contributed by atoms with Crippen molar-refractivity contribution in [1.82, 2.24) is 10.2 Å². The number of rotatable bonds is 9. The molecule has 0 amide bonds. The first-order valence-corrected chi connectivity index (χ1v) is 7.12. The van der Waals surface area contributed by atoms with Gasteiger partial charge in [0.1, 0.15) is 0 Å². The van der Waals surface area contributed by atoms with Crippen molar-refractivity contribution in [3.05, 3.63) is 0 Å². The molecule has 0 aromatic carbocycles. The molecule has 1 saturated carbocycles. The normalized spacial score (nSPS) is 24.4. The van der Waals surface area contributed by atoms with Gasteiger partial charge >= 0.3 is 0 Å². The summed E-state index contributed by atoms with van der Waals surface area (Å²) in [4.78, 5) is 2.64. The molecule has 1 rings (SSSR count). The zero-order valence-electron chi connectivity index (χ0n) is 12.0. The molecule has 2 unspecified atom stereocenters. The number of ether oxygens (including phenoxy) is 1. The summed E-state index contributed by atoms with van der Waals surface area (Å²) in [6.45, 7) is 12.2. The second kappa shape index (κ2) is 8.06. The van der Waals surface area contributed by atoms with Gasteiger partial charge in [-0.25, -0.2) is 0 Å². The Labute approximate surface area is 107 Å². The maximum Gasteiger partial charge on any atom is 0.0589 e. The molecule has 17 heavy (non-hydrogen) atoms. The molecule has 102 valence electrons. The summed E-state index contributed by atoms with van der Waals surface area (Å²) in [5.74, 6) is 1.60. The van der Waals surface area contributed by atoms with Gasteiger partial charge in [0, 0.05) is 26.2 Å². The second-order valence-electron chi connectivity index (χ2n) is 5.59. The Kier molecular flexibility index (Phi) is 7.09. The van der Waals surface area contributed by atoms with Crippen LogP contribution < -0.4 is 5.32 Å². The van der Waals surface area contributed by atoms with E-state index in [4.69, 9.17) is 4.74 Å². The van der Waals surface area contributed by atoms with Gasteiger partial charge in [0.2, 0.25) is 0 Å². The summed E-state index contributed by atoms with van der Waals surface area (Å²) >= 11 is 0. The fourth-order valence-electron chi connectivity index (χ4n) is 2.67. The van der Waals surface area contributed by atoms with Gasteiger partial charge in [-0.05, 0) is 37.8 Å². The lowest BCUT2D eigenvalue weighted by Gasteiger charge is -2.45. The van der Waals surface area contributed by atoms with Gasteiger partial charge in [0.05, 0.1) is 6.61 Å². The molecule has 0 radical (unpaired) electrons. The van der Waals surface area contributed by atoms with Crippen LogP contribution in [0.25, 0.3) is 0 Å². The van der Waals surface area contributed by atoms with E-state index < -0.39 is 0 Å². The standard InChI is InChI=1S/C14H30N2O/c1-5-15-10-13-6-7-14(13)16(8-9-17-4)11-12(2)3/h12-15H,5-11H2,1-4H3. The highest BCUT2D eigenvalue weighted by Gasteiger charge is 2.34. The largest absolute Gasteiger partial charge is 0.383 e. The van der Waals surface area contributed by atoms with Crippen molar-refractivity contribution in [1.29, 1.82) is 0 Å². The molecule has 0 spiro atoms. The van der Waals surface area contributed by atoms with Crippen molar-refractivity contribution in [2.45, 2.75) is 39.7 Å². The van der Waals surface area contributed by atoms with Gasteiger partial charge in [0.15, 0.2) is 0 Å². The Hall–Kier alpha value is -0.120. The second-order valence-corrected chi connectivity index (χ2v) is 5.59. The van der Waals surface area contributed by atoms with Crippen LogP contribution in [0, 0.1) is 11.8 Å². The Morgan fingerprint density at radius 3 is 2.59 bits per heavy atom. The van der Waals surface area contributed by atoms with Crippen LogP contribution in [0.15, 0.2) is 0 Å². The number of methoxy groups -OCH3 is 1. The maximum absolute atomic E-state index is 5.23. The van der Waals surface area contributed by atoms with Gasteiger partial charge in [-0.15, -0.1) is 0 Å². The zero-order chi connectivity index (χ0) is 12.7. The van der Waals surface area contributed by atoms with Gasteiger partial charge in [-0.2, -0.15) is 0 Å². The quantitative estimate of drug-likeness (QED) is 0.669. The van der Waals surface area contributed by atoms with E-state index in [1.54, 1.807) is 7.11 Å². The van der Waals surface area contributed by atoms with E-state index in [9.17, 15) is 0 Å². The van der Waals surface area contributed by atoms with E-state index in [2.05, 4.69) is 31.0 Å². The molecule has 0 bridgehead atoms. The van der Waals surface area contributed by atoms with Gasteiger partial charge in [0.25, 0.3) is 0 Å². The first-order valence-electron chi connectivity index (χ1n) is 7.12. The summed E-state index contributed by atoms with van der Waals surface area (Å²) in [6.07, 6.45) is 2.76. The average Bonchev–Trinajstić information content (AvgIpc) is 2.24. The molecule has 0 aromatic heterocycles. The highest BCUT2D eigenvalue weighted by Crippen LogP contribution is 2.32. The van der Waals surface area contributed by atoms with Crippen molar-refractivity contribution in [3.63, 3.8) is 0 Å². The van der Waals surface area contributed by atoms with Crippen LogP contribution in [-0.4, -0.2) is 50.8 Å². The van der Waals surface area contributed by atoms with Gasteiger partial charge < -0.3 is 10.1 Å². The lowest BCUT2D eigenvalue weighted by atomic mass is 9.78. The molecule has 1 fully saturated rings. The van der Waals surface area contributed by atoms with Crippen LogP contribution in [0.2, 0.25) is 0 Å². The van der Waals surface area contributed by atoms with Crippen molar-refractivity contribution in [3.8, 4) is 0 Å². The van der Waals surface area contributed by atoms with Crippen molar-refractivity contribution in [2.75, 3.05) is 39.9 Å². The predicted molar refractivity (Wildman–Crippen MR) is 73.3 cm³/mol. The van der Waals surface area contributed by atoms with Gasteiger partial charge in [-0.3, -0.25) is 4.90 Å². The minimum atomic E-state index is 0.743. The molecule has 1 aliphatic carbocycles. The molecule has 0 aliphatic heterocycles. The summed E-state index contributed by atoms with van der Waals surface area (Å²) in [5, 5.41) is 3.49. The third-order valence-electron chi connectivity index (χ3n) is 3.69. The molecule has 0 aromatic rings. The van der Waals surface area contributed by atoms with E-state index in [1.165, 1.54) is 25.9 Å². The molecular formula is C14H30N2O. The smallest absolute Gasteiger partial charge is 0.0589 e. The lowest BCUT2D eigenvalue weighted by molar-refractivity contribution is 0.0323. The van der Waals surface area contributed by atoms with E-state index >= 15 is 0 Å². The zero-order valence-corrected chi connectivity index (χ0v) is 12.0. The Balaban J connectivity index is 2.39.